The van der Waals surface area contributed by atoms with Crippen molar-refractivity contribution in [2.24, 2.45) is 0 Å². The van der Waals surface area contributed by atoms with Gasteiger partial charge in [-0.1, -0.05) is 0 Å². The van der Waals surface area contributed by atoms with Gasteiger partial charge in [-0.15, -0.1) is 0 Å². The molecule has 0 saturated carbocycles. The number of hydrogen-bond acceptors (Lipinski definition) is 5. The second kappa shape index (κ2) is 3.23. The topological polar surface area (TPSA) is 120 Å². The number of nitrogens with zero attached hydrogens (tertiary/aromatic N) is 1. The predicted octanol–water partition coefficient (Wildman–Crippen LogP) is 1.62. The molecule has 1 aromatic carbocycles. The van der Waals surface area contributed by atoms with Crippen LogP contribution in [0, 0.1) is 10.1 Å². The third-order valence-corrected chi connectivity index (χ3v) is 2.12. The highest BCUT2D eigenvalue weighted by atomic mass is 16.6. The van der Waals surface area contributed by atoms with Crippen LogP contribution in [0.2, 0.25) is 0 Å². The lowest BCUT2D eigenvalue weighted by atomic mass is 10.2. The first-order valence-electron chi connectivity index (χ1n) is 4.20. The van der Waals surface area contributed by atoms with Crippen molar-refractivity contribution < 1.29 is 19.2 Å². The Bertz CT molecular complexity index is 601. The zero-order valence-corrected chi connectivity index (χ0v) is 7.84. The van der Waals surface area contributed by atoms with Crippen molar-refractivity contribution in [1.82, 2.24) is 0 Å². The third-order valence-electron chi connectivity index (χ3n) is 2.12. The van der Waals surface area contributed by atoms with Gasteiger partial charge in [-0.2, -0.15) is 0 Å². The minimum Gasteiger partial charge on any atom is -0.475 e. The summed E-state index contributed by atoms with van der Waals surface area (Å²) in [5.41, 5.74) is 5.45. The molecule has 82 valence electrons. The number of aromatic carboxylic acids is 1. The first kappa shape index (κ1) is 9.97. The van der Waals surface area contributed by atoms with E-state index in [-0.39, 0.29) is 22.3 Å². The number of nitro benzene ring substituents is 1. The van der Waals surface area contributed by atoms with E-state index in [1.165, 1.54) is 18.2 Å². The van der Waals surface area contributed by atoms with E-state index in [1.54, 1.807) is 0 Å². The van der Waals surface area contributed by atoms with Crippen LogP contribution in [0.3, 0.4) is 0 Å². The Kier molecular flexibility index (Phi) is 2.01. The molecule has 0 aliphatic rings. The van der Waals surface area contributed by atoms with Gasteiger partial charge in [0.15, 0.2) is 0 Å². The van der Waals surface area contributed by atoms with Gasteiger partial charge in [0.1, 0.15) is 5.58 Å². The summed E-state index contributed by atoms with van der Waals surface area (Å²) in [6.07, 6.45) is 0. The molecule has 7 nitrogen and oxygen atoms in total. The van der Waals surface area contributed by atoms with Gasteiger partial charge in [-0.05, 0) is 6.07 Å². The van der Waals surface area contributed by atoms with E-state index in [4.69, 9.17) is 15.3 Å². The second-order valence-electron chi connectivity index (χ2n) is 3.09. The maximum atomic E-state index is 10.7. The van der Waals surface area contributed by atoms with Gasteiger partial charge < -0.3 is 15.3 Å². The lowest BCUT2D eigenvalue weighted by Gasteiger charge is -1.91. The predicted molar refractivity (Wildman–Crippen MR) is 54.2 cm³/mol. The first-order valence-corrected chi connectivity index (χ1v) is 4.20. The SMILES string of the molecule is Nc1c(C(=O)O)oc2ccc([N+](=O)[O-])cc12. The zero-order chi connectivity index (χ0) is 11.9. The summed E-state index contributed by atoms with van der Waals surface area (Å²) < 4.78 is 4.95. The lowest BCUT2D eigenvalue weighted by molar-refractivity contribution is -0.384. The molecule has 1 aromatic heterocycles. The summed E-state index contributed by atoms with van der Waals surface area (Å²) in [5, 5.41) is 19.5. The van der Waals surface area contributed by atoms with Crippen LogP contribution in [-0.4, -0.2) is 16.0 Å². The van der Waals surface area contributed by atoms with E-state index in [1.807, 2.05) is 0 Å². The van der Waals surface area contributed by atoms with E-state index >= 15 is 0 Å². The summed E-state index contributed by atoms with van der Waals surface area (Å²) in [5.74, 6) is -1.72. The highest BCUT2D eigenvalue weighted by molar-refractivity contribution is 6.03. The first-order chi connectivity index (χ1) is 7.50. The monoisotopic (exact) mass is 222 g/mol. The van der Waals surface area contributed by atoms with Crippen molar-refractivity contribution in [2.45, 2.75) is 0 Å². The van der Waals surface area contributed by atoms with Gasteiger partial charge in [0.25, 0.3) is 5.69 Å². The molecular weight excluding hydrogens is 216 g/mol. The highest BCUT2D eigenvalue weighted by Crippen LogP contribution is 2.31. The van der Waals surface area contributed by atoms with Crippen molar-refractivity contribution in [2.75, 3.05) is 5.73 Å². The molecule has 0 aliphatic heterocycles. The van der Waals surface area contributed by atoms with Crippen LogP contribution in [0.25, 0.3) is 11.0 Å². The van der Waals surface area contributed by atoms with Crippen molar-refractivity contribution in [1.29, 1.82) is 0 Å². The second-order valence-corrected chi connectivity index (χ2v) is 3.09. The molecule has 16 heavy (non-hydrogen) atoms. The van der Waals surface area contributed by atoms with Crippen molar-refractivity contribution >= 4 is 28.3 Å². The van der Waals surface area contributed by atoms with Crippen LogP contribution < -0.4 is 5.73 Å². The molecule has 0 aliphatic carbocycles. The number of nitrogens with two attached hydrogens (primary N) is 1. The minimum absolute atomic E-state index is 0.105. The Morgan fingerprint density at radius 1 is 1.50 bits per heavy atom. The fraction of sp³-hybridized carbons (Fsp3) is 0. The maximum absolute atomic E-state index is 10.7. The van der Waals surface area contributed by atoms with Crippen LogP contribution in [0.4, 0.5) is 11.4 Å². The van der Waals surface area contributed by atoms with E-state index < -0.39 is 16.7 Å². The number of rotatable bonds is 2. The highest BCUT2D eigenvalue weighted by Gasteiger charge is 2.19. The number of fused-ring (bicyclic) bond motifs is 1. The molecule has 2 rings (SSSR count). The zero-order valence-electron chi connectivity index (χ0n) is 7.84. The molecule has 0 amide bonds. The Hall–Kier alpha value is -2.57. The van der Waals surface area contributed by atoms with Crippen molar-refractivity contribution in [3.05, 3.63) is 34.1 Å². The van der Waals surface area contributed by atoms with Crippen LogP contribution in [0.5, 0.6) is 0 Å². The molecule has 0 radical (unpaired) electrons. The molecule has 0 fully saturated rings. The molecule has 0 atom stereocenters. The third kappa shape index (κ3) is 1.34. The summed E-state index contributed by atoms with van der Waals surface area (Å²) in [7, 11) is 0. The molecular formula is C9H6N2O5. The molecule has 7 heteroatoms. The largest absolute Gasteiger partial charge is 0.475 e. The maximum Gasteiger partial charge on any atom is 0.374 e. The number of carbonyl (C=O) groups is 1. The van der Waals surface area contributed by atoms with E-state index in [0.717, 1.165) is 0 Å². The number of nitrogen functional groups attached to an aromatic ring is 1. The number of anilines is 1. The van der Waals surface area contributed by atoms with E-state index in [9.17, 15) is 14.9 Å². The standard InChI is InChI=1S/C9H6N2O5/c10-7-5-3-4(11(14)15)1-2-6(5)16-8(7)9(12)13/h1-3H,10H2,(H,12,13). The van der Waals surface area contributed by atoms with Gasteiger partial charge >= 0.3 is 5.97 Å². The number of nitro groups is 1. The van der Waals surface area contributed by atoms with E-state index in [0.29, 0.717) is 0 Å². The van der Waals surface area contributed by atoms with E-state index in [2.05, 4.69) is 0 Å². The Balaban J connectivity index is 2.73. The fourth-order valence-corrected chi connectivity index (χ4v) is 1.38. The van der Waals surface area contributed by atoms with Gasteiger partial charge in [0.05, 0.1) is 16.0 Å². The molecule has 0 unspecified atom stereocenters. The molecule has 3 N–H and O–H groups in total. The van der Waals surface area contributed by atoms with Crippen LogP contribution in [0.15, 0.2) is 22.6 Å². The summed E-state index contributed by atoms with van der Waals surface area (Å²) >= 11 is 0. The normalized spacial score (nSPS) is 10.5. The number of furan rings is 1. The Morgan fingerprint density at radius 3 is 2.75 bits per heavy atom. The van der Waals surface area contributed by atoms with Gasteiger partial charge in [-0.3, -0.25) is 10.1 Å². The fourth-order valence-electron chi connectivity index (χ4n) is 1.38. The van der Waals surface area contributed by atoms with Crippen LogP contribution in [-0.2, 0) is 0 Å². The smallest absolute Gasteiger partial charge is 0.374 e. The number of hydrogen-bond donors (Lipinski definition) is 2. The molecule has 1 heterocycles. The Labute approximate surface area is 88.2 Å². The number of carboxylic acids is 1. The number of non-ortho nitro benzene ring substituents is 1. The van der Waals surface area contributed by atoms with Crippen LogP contribution >= 0.6 is 0 Å². The van der Waals surface area contributed by atoms with Crippen LogP contribution in [0.1, 0.15) is 10.6 Å². The van der Waals surface area contributed by atoms with Crippen molar-refractivity contribution in [3.8, 4) is 0 Å². The quantitative estimate of drug-likeness (QED) is 0.588. The molecule has 2 aromatic rings. The van der Waals surface area contributed by atoms with Gasteiger partial charge in [-0.25, -0.2) is 4.79 Å². The average molecular weight is 222 g/mol. The Morgan fingerprint density at radius 2 is 2.19 bits per heavy atom. The summed E-state index contributed by atoms with van der Waals surface area (Å²) in [6.45, 7) is 0. The summed E-state index contributed by atoms with van der Waals surface area (Å²) in [6, 6.07) is 3.72. The molecule has 0 saturated heterocycles. The minimum atomic E-state index is -1.31. The molecule has 0 bridgehead atoms. The van der Waals surface area contributed by atoms with Gasteiger partial charge in [0, 0.05) is 12.1 Å². The molecule has 0 spiro atoms. The number of benzene rings is 1. The average Bonchev–Trinajstić information content (AvgIpc) is 2.56. The lowest BCUT2D eigenvalue weighted by Crippen LogP contribution is -1.98. The summed E-state index contributed by atoms with van der Waals surface area (Å²) in [4.78, 5) is 20.6. The van der Waals surface area contributed by atoms with Crippen molar-refractivity contribution in [3.63, 3.8) is 0 Å². The van der Waals surface area contributed by atoms with Gasteiger partial charge in [0.2, 0.25) is 5.76 Å². The number of carboxylic acid groups (broad SMARTS) is 1.